The summed E-state index contributed by atoms with van der Waals surface area (Å²) in [6.07, 6.45) is 0.121. The number of carbonyl (C=O) groups is 1. The smallest absolute Gasteiger partial charge is 0.243 e. The molecule has 4 heteroatoms. The highest BCUT2D eigenvalue weighted by molar-refractivity contribution is 5.94. The molecular formula is C20H26N2O2. The molecule has 0 aliphatic rings. The molecule has 0 fully saturated rings. The molecule has 0 radical (unpaired) electrons. The Kier molecular flexibility index (Phi) is 6.24. The third-order valence-electron chi connectivity index (χ3n) is 3.52. The van der Waals surface area contributed by atoms with Gasteiger partial charge in [-0.3, -0.25) is 4.79 Å². The molecule has 0 aliphatic carbocycles. The molecule has 0 saturated heterocycles. The first-order valence-electron chi connectivity index (χ1n) is 8.35. The minimum absolute atomic E-state index is 0.0710. The molecule has 0 heterocycles. The normalized spacial score (nSPS) is 10.8. The predicted octanol–water partition coefficient (Wildman–Crippen LogP) is 4.65. The van der Waals surface area contributed by atoms with Crippen molar-refractivity contribution in [1.82, 2.24) is 0 Å². The lowest BCUT2D eigenvalue weighted by atomic mass is 10.0. The lowest BCUT2D eigenvalue weighted by Crippen LogP contribution is -2.22. The van der Waals surface area contributed by atoms with Gasteiger partial charge in [0, 0.05) is 17.4 Å². The highest BCUT2D eigenvalue weighted by Gasteiger charge is 2.09. The van der Waals surface area contributed by atoms with E-state index in [2.05, 4.69) is 24.5 Å². The lowest BCUT2D eigenvalue weighted by Gasteiger charge is -2.15. The average molecular weight is 326 g/mol. The van der Waals surface area contributed by atoms with Crippen LogP contribution < -0.4 is 15.4 Å². The van der Waals surface area contributed by atoms with E-state index < -0.39 is 0 Å². The first-order chi connectivity index (χ1) is 11.5. The summed E-state index contributed by atoms with van der Waals surface area (Å²) < 4.78 is 5.66. The second-order valence-corrected chi connectivity index (χ2v) is 6.34. The quantitative estimate of drug-likeness (QED) is 0.779. The van der Waals surface area contributed by atoms with E-state index in [4.69, 9.17) is 4.74 Å². The van der Waals surface area contributed by atoms with E-state index in [1.807, 2.05) is 62.4 Å². The SMILES string of the molecule is CC(C)Oc1cccc(NCC(=O)Nc2ccccc2C(C)C)c1. The zero-order chi connectivity index (χ0) is 17.5. The largest absolute Gasteiger partial charge is 0.491 e. The number of carbonyl (C=O) groups excluding carboxylic acids is 1. The number of benzene rings is 2. The molecule has 2 N–H and O–H groups in total. The number of amides is 1. The molecule has 0 bridgehead atoms. The third kappa shape index (κ3) is 5.30. The Labute approximate surface area is 144 Å². The number of hydrogen-bond donors (Lipinski definition) is 2. The molecule has 0 spiro atoms. The van der Waals surface area contributed by atoms with Gasteiger partial charge in [-0.2, -0.15) is 0 Å². The molecule has 0 saturated carbocycles. The molecule has 0 unspecified atom stereocenters. The highest BCUT2D eigenvalue weighted by Crippen LogP contribution is 2.23. The van der Waals surface area contributed by atoms with Crippen LogP contribution in [0.15, 0.2) is 48.5 Å². The monoisotopic (exact) mass is 326 g/mol. The van der Waals surface area contributed by atoms with Gasteiger partial charge in [-0.05, 0) is 43.5 Å². The molecule has 0 aromatic heterocycles. The maximum atomic E-state index is 12.2. The van der Waals surface area contributed by atoms with E-state index in [0.717, 1.165) is 22.7 Å². The van der Waals surface area contributed by atoms with Crippen molar-refractivity contribution >= 4 is 17.3 Å². The van der Waals surface area contributed by atoms with Crippen LogP contribution in [0.2, 0.25) is 0 Å². The van der Waals surface area contributed by atoms with E-state index in [9.17, 15) is 4.79 Å². The molecule has 2 rings (SSSR count). The summed E-state index contributed by atoms with van der Waals surface area (Å²) in [6.45, 7) is 8.41. The lowest BCUT2D eigenvalue weighted by molar-refractivity contribution is -0.114. The van der Waals surface area contributed by atoms with Gasteiger partial charge in [0.2, 0.25) is 5.91 Å². The summed E-state index contributed by atoms with van der Waals surface area (Å²) in [5.41, 5.74) is 2.87. The van der Waals surface area contributed by atoms with Crippen molar-refractivity contribution in [2.24, 2.45) is 0 Å². The molecule has 1 amide bonds. The molecule has 4 nitrogen and oxygen atoms in total. The van der Waals surface area contributed by atoms with Crippen LogP contribution in [0.3, 0.4) is 0 Å². The zero-order valence-corrected chi connectivity index (χ0v) is 14.8. The Morgan fingerprint density at radius 2 is 1.79 bits per heavy atom. The summed E-state index contributed by atoms with van der Waals surface area (Å²) in [6, 6.07) is 15.5. The number of para-hydroxylation sites is 1. The van der Waals surface area contributed by atoms with Gasteiger partial charge in [0.05, 0.1) is 12.6 Å². The van der Waals surface area contributed by atoms with Crippen molar-refractivity contribution in [1.29, 1.82) is 0 Å². The van der Waals surface area contributed by atoms with Crippen LogP contribution in [-0.4, -0.2) is 18.6 Å². The average Bonchev–Trinajstić information content (AvgIpc) is 2.53. The van der Waals surface area contributed by atoms with Crippen LogP contribution in [0.1, 0.15) is 39.2 Å². The summed E-state index contributed by atoms with van der Waals surface area (Å²) in [5, 5.41) is 6.11. The molecule has 128 valence electrons. The van der Waals surface area contributed by atoms with E-state index in [1.165, 1.54) is 0 Å². The number of nitrogens with one attached hydrogen (secondary N) is 2. The minimum atomic E-state index is -0.0710. The number of hydrogen-bond acceptors (Lipinski definition) is 3. The Bertz CT molecular complexity index is 681. The van der Waals surface area contributed by atoms with Gasteiger partial charge in [0.25, 0.3) is 0 Å². The van der Waals surface area contributed by atoms with Crippen molar-refractivity contribution in [3.63, 3.8) is 0 Å². The topological polar surface area (TPSA) is 50.4 Å². The second-order valence-electron chi connectivity index (χ2n) is 6.34. The van der Waals surface area contributed by atoms with Crippen molar-refractivity contribution in [2.45, 2.75) is 39.7 Å². The molecular weight excluding hydrogens is 300 g/mol. The standard InChI is InChI=1S/C20H26N2O2/c1-14(2)18-10-5-6-11-19(18)22-20(23)13-21-16-8-7-9-17(12-16)24-15(3)4/h5-12,14-15,21H,13H2,1-4H3,(H,22,23). The molecule has 0 aliphatic heterocycles. The Morgan fingerprint density at radius 3 is 2.50 bits per heavy atom. The summed E-state index contributed by atoms with van der Waals surface area (Å²) in [5.74, 6) is 1.08. The van der Waals surface area contributed by atoms with E-state index >= 15 is 0 Å². The van der Waals surface area contributed by atoms with Crippen LogP contribution in [0.25, 0.3) is 0 Å². The number of ether oxygens (including phenoxy) is 1. The van der Waals surface area contributed by atoms with E-state index in [0.29, 0.717) is 5.92 Å². The maximum Gasteiger partial charge on any atom is 0.243 e. The van der Waals surface area contributed by atoms with Crippen molar-refractivity contribution in [3.05, 3.63) is 54.1 Å². The Balaban J connectivity index is 1.94. The van der Waals surface area contributed by atoms with Crippen LogP contribution in [0.5, 0.6) is 5.75 Å². The Morgan fingerprint density at radius 1 is 1.04 bits per heavy atom. The van der Waals surface area contributed by atoms with Crippen molar-refractivity contribution in [2.75, 3.05) is 17.2 Å². The fraction of sp³-hybridized carbons (Fsp3) is 0.350. The first kappa shape index (κ1) is 17.9. The van der Waals surface area contributed by atoms with Gasteiger partial charge in [-0.25, -0.2) is 0 Å². The fourth-order valence-corrected chi connectivity index (χ4v) is 2.44. The molecule has 0 atom stereocenters. The third-order valence-corrected chi connectivity index (χ3v) is 3.52. The van der Waals surface area contributed by atoms with Gasteiger partial charge < -0.3 is 15.4 Å². The highest BCUT2D eigenvalue weighted by atomic mass is 16.5. The van der Waals surface area contributed by atoms with Crippen LogP contribution >= 0.6 is 0 Å². The van der Waals surface area contributed by atoms with Gasteiger partial charge in [0.15, 0.2) is 0 Å². The first-order valence-corrected chi connectivity index (χ1v) is 8.35. The molecule has 2 aromatic carbocycles. The fourth-order valence-electron chi connectivity index (χ4n) is 2.44. The van der Waals surface area contributed by atoms with Gasteiger partial charge in [-0.15, -0.1) is 0 Å². The van der Waals surface area contributed by atoms with E-state index in [1.54, 1.807) is 0 Å². The summed E-state index contributed by atoms with van der Waals surface area (Å²) in [4.78, 5) is 12.2. The molecule has 2 aromatic rings. The van der Waals surface area contributed by atoms with Crippen LogP contribution in [-0.2, 0) is 4.79 Å². The maximum absolute atomic E-state index is 12.2. The minimum Gasteiger partial charge on any atom is -0.491 e. The molecule has 24 heavy (non-hydrogen) atoms. The summed E-state index contributed by atoms with van der Waals surface area (Å²) in [7, 11) is 0. The van der Waals surface area contributed by atoms with Crippen LogP contribution in [0.4, 0.5) is 11.4 Å². The Hall–Kier alpha value is -2.49. The predicted molar refractivity (Wildman–Crippen MR) is 99.9 cm³/mol. The van der Waals surface area contributed by atoms with Crippen molar-refractivity contribution < 1.29 is 9.53 Å². The summed E-state index contributed by atoms with van der Waals surface area (Å²) >= 11 is 0. The van der Waals surface area contributed by atoms with Gasteiger partial charge in [0.1, 0.15) is 5.75 Å². The second kappa shape index (κ2) is 8.39. The van der Waals surface area contributed by atoms with Crippen LogP contribution in [0, 0.1) is 0 Å². The number of rotatable bonds is 7. The zero-order valence-electron chi connectivity index (χ0n) is 14.8. The number of anilines is 2. The van der Waals surface area contributed by atoms with E-state index in [-0.39, 0.29) is 18.6 Å². The van der Waals surface area contributed by atoms with Gasteiger partial charge >= 0.3 is 0 Å². The van der Waals surface area contributed by atoms with Gasteiger partial charge in [-0.1, -0.05) is 38.1 Å². The van der Waals surface area contributed by atoms with Crippen molar-refractivity contribution in [3.8, 4) is 5.75 Å².